The molecular weight excluding hydrogens is 324 g/mol. The fourth-order valence-corrected chi connectivity index (χ4v) is 3.74. The highest BCUT2D eigenvalue weighted by molar-refractivity contribution is 9.10. The van der Waals surface area contributed by atoms with Gasteiger partial charge in [-0.15, -0.1) is 0 Å². The number of rotatable bonds is 3. The first-order valence-corrected chi connectivity index (χ1v) is 8.90. The normalized spacial score (nSPS) is 22.8. The van der Waals surface area contributed by atoms with Crippen LogP contribution in [0.5, 0.6) is 0 Å². The van der Waals surface area contributed by atoms with Crippen molar-refractivity contribution < 1.29 is 0 Å². The Bertz CT molecular complexity index is 436. The van der Waals surface area contributed by atoms with Crippen molar-refractivity contribution in [1.29, 1.82) is 0 Å². The van der Waals surface area contributed by atoms with Crippen molar-refractivity contribution >= 4 is 15.9 Å². The molecule has 2 atom stereocenters. The van der Waals surface area contributed by atoms with E-state index in [1.54, 1.807) is 0 Å². The van der Waals surface area contributed by atoms with Crippen LogP contribution in [0.3, 0.4) is 0 Å². The van der Waals surface area contributed by atoms with E-state index in [1.165, 1.54) is 37.9 Å². The predicted octanol–water partition coefficient (Wildman–Crippen LogP) is 4.60. The number of hydrogen-bond acceptors (Lipinski definition) is 2. The summed E-state index contributed by atoms with van der Waals surface area (Å²) in [5.74, 6) is 0.825. The van der Waals surface area contributed by atoms with Crippen LogP contribution in [0.4, 0.5) is 0 Å². The summed E-state index contributed by atoms with van der Waals surface area (Å²) in [5, 5.41) is 0. The summed E-state index contributed by atoms with van der Waals surface area (Å²) < 4.78 is 1.13. The molecule has 1 heterocycles. The maximum Gasteiger partial charge on any atom is 0.0470 e. The van der Waals surface area contributed by atoms with E-state index in [-0.39, 0.29) is 0 Å². The standard InChI is InChI=1S/C18H29BrN2/c1-18(2,3)15-5-4-11-21(12-10-15)17(13-20)14-6-8-16(19)9-7-14/h6-9,15,17H,4-5,10-13,20H2,1-3H3. The molecule has 118 valence electrons. The Morgan fingerprint density at radius 1 is 1.19 bits per heavy atom. The summed E-state index contributed by atoms with van der Waals surface area (Å²) in [7, 11) is 0. The van der Waals surface area contributed by atoms with Gasteiger partial charge in [0.2, 0.25) is 0 Å². The molecule has 0 saturated carbocycles. The van der Waals surface area contributed by atoms with Crippen molar-refractivity contribution in [3.05, 3.63) is 34.3 Å². The zero-order valence-electron chi connectivity index (χ0n) is 13.6. The van der Waals surface area contributed by atoms with Crippen molar-refractivity contribution in [3.63, 3.8) is 0 Å². The molecule has 1 fully saturated rings. The number of likely N-dealkylation sites (tertiary alicyclic amines) is 1. The van der Waals surface area contributed by atoms with E-state index in [4.69, 9.17) is 5.73 Å². The molecular formula is C18H29BrN2. The maximum absolute atomic E-state index is 6.09. The van der Waals surface area contributed by atoms with Gasteiger partial charge in [0.15, 0.2) is 0 Å². The van der Waals surface area contributed by atoms with E-state index in [2.05, 4.69) is 65.9 Å². The van der Waals surface area contributed by atoms with E-state index in [9.17, 15) is 0 Å². The molecule has 0 amide bonds. The minimum atomic E-state index is 0.358. The monoisotopic (exact) mass is 352 g/mol. The third-order valence-electron chi connectivity index (χ3n) is 4.91. The number of nitrogens with two attached hydrogens (primary N) is 1. The summed E-state index contributed by atoms with van der Waals surface area (Å²) in [6, 6.07) is 9.00. The van der Waals surface area contributed by atoms with Crippen LogP contribution in [0.15, 0.2) is 28.7 Å². The van der Waals surface area contributed by atoms with Gasteiger partial charge in [-0.05, 0) is 61.4 Å². The summed E-state index contributed by atoms with van der Waals surface area (Å²) in [6.45, 7) is 10.2. The lowest BCUT2D eigenvalue weighted by Gasteiger charge is -2.32. The largest absolute Gasteiger partial charge is 0.329 e. The summed E-state index contributed by atoms with van der Waals surface area (Å²) in [4.78, 5) is 2.59. The third kappa shape index (κ3) is 4.54. The average molecular weight is 353 g/mol. The lowest BCUT2D eigenvalue weighted by Crippen LogP contribution is -2.35. The van der Waals surface area contributed by atoms with Gasteiger partial charge in [-0.1, -0.05) is 48.8 Å². The summed E-state index contributed by atoms with van der Waals surface area (Å²) in [5.41, 5.74) is 7.86. The highest BCUT2D eigenvalue weighted by Gasteiger charge is 2.29. The molecule has 0 aliphatic carbocycles. The Kier molecular flexibility index (Phi) is 5.87. The lowest BCUT2D eigenvalue weighted by molar-refractivity contribution is 0.185. The fourth-order valence-electron chi connectivity index (χ4n) is 3.48. The molecule has 1 saturated heterocycles. The Morgan fingerprint density at radius 2 is 1.86 bits per heavy atom. The smallest absolute Gasteiger partial charge is 0.0470 e. The highest BCUT2D eigenvalue weighted by Crippen LogP contribution is 2.36. The van der Waals surface area contributed by atoms with Crippen LogP contribution in [0.2, 0.25) is 0 Å². The topological polar surface area (TPSA) is 29.3 Å². The van der Waals surface area contributed by atoms with E-state index in [0.717, 1.165) is 10.4 Å². The first-order valence-electron chi connectivity index (χ1n) is 8.11. The average Bonchev–Trinajstić information content (AvgIpc) is 2.67. The molecule has 0 spiro atoms. The second kappa shape index (κ2) is 7.26. The van der Waals surface area contributed by atoms with Gasteiger partial charge < -0.3 is 5.73 Å². The molecule has 21 heavy (non-hydrogen) atoms. The first kappa shape index (κ1) is 17.0. The molecule has 3 heteroatoms. The number of benzene rings is 1. The van der Waals surface area contributed by atoms with Gasteiger partial charge in [-0.3, -0.25) is 4.90 Å². The molecule has 2 nitrogen and oxygen atoms in total. The van der Waals surface area contributed by atoms with E-state index in [0.29, 0.717) is 18.0 Å². The van der Waals surface area contributed by atoms with Crippen LogP contribution >= 0.6 is 15.9 Å². The van der Waals surface area contributed by atoms with Gasteiger partial charge in [0, 0.05) is 17.1 Å². The van der Waals surface area contributed by atoms with Gasteiger partial charge in [-0.2, -0.15) is 0 Å². The van der Waals surface area contributed by atoms with Crippen molar-refractivity contribution in [2.24, 2.45) is 17.1 Å². The summed E-state index contributed by atoms with van der Waals surface area (Å²) in [6.07, 6.45) is 3.92. The molecule has 1 aromatic rings. The second-order valence-electron chi connectivity index (χ2n) is 7.33. The van der Waals surface area contributed by atoms with Gasteiger partial charge in [-0.25, -0.2) is 0 Å². The second-order valence-corrected chi connectivity index (χ2v) is 8.25. The fraction of sp³-hybridized carbons (Fsp3) is 0.667. The van der Waals surface area contributed by atoms with Crippen LogP contribution in [0.1, 0.15) is 51.6 Å². The van der Waals surface area contributed by atoms with Crippen molar-refractivity contribution in [1.82, 2.24) is 4.90 Å². The zero-order chi connectivity index (χ0) is 15.5. The molecule has 1 aromatic carbocycles. The zero-order valence-corrected chi connectivity index (χ0v) is 15.2. The number of hydrogen-bond donors (Lipinski definition) is 1. The molecule has 2 unspecified atom stereocenters. The highest BCUT2D eigenvalue weighted by atomic mass is 79.9. The molecule has 2 N–H and O–H groups in total. The van der Waals surface area contributed by atoms with Crippen LogP contribution in [-0.2, 0) is 0 Å². The molecule has 1 aliphatic rings. The van der Waals surface area contributed by atoms with E-state index in [1.807, 2.05) is 0 Å². The number of nitrogens with zero attached hydrogens (tertiary/aromatic N) is 1. The van der Waals surface area contributed by atoms with Crippen molar-refractivity contribution in [3.8, 4) is 0 Å². The Labute approximate surface area is 138 Å². The minimum Gasteiger partial charge on any atom is -0.329 e. The number of halogens is 1. The Balaban J connectivity index is 2.07. The summed E-state index contributed by atoms with van der Waals surface area (Å²) >= 11 is 3.51. The van der Waals surface area contributed by atoms with Gasteiger partial charge in [0.1, 0.15) is 0 Å². The van der Waals surface area contributed by atoms with Crippen LogP contribution in [0, 0.1) is 11.3 Å². The van der Waals surface area contributed by atoms with Gasteiger partial charge in [0.05, 0.1) is 0 Å². The van der Waals surface area contributed by atoms with Gasteiger partial charge in [0.25, 0.3) is 0 Å². The lowest BCUT2D eigenvalue weighted by atomic mass is 9.77. The molecule has 0 aromatic heterocycles. The predicted molar refractivity (Wildman–Crippen MR) is 94.3 cm³/mol. The van der Waals surface area contributed by atoms with Crippen LogP contribution in [0.25, 0.3) is 0 Å². The molecule has 0 bridgehead atoms. The van der Waals surface area contributed by atoms with Crippen LogP contribution in [-0.4, -0.2) is 24.5 Å². The molecule has 1 aliphatic heterocycles. The van der Waals surface area contributed by atoms with E-state index < -0.39 is 0 Å². The van der Waals surface area contributed by atoms with Crippen LogP contribution < -0.4 is 5.73 Å². The molecule has 0 radical (unpaired) electrons. The first-order chi connectivity index (χ1) is 9.91. The Morgan fingerprint density at radius 3 is 2.43 bits per heavy atom. The SMILES string of the molecule is CC(C)(C)C1CCCN(C(CN)c2ccc(Br)cc2)CC1. The third-order valence-corrected chi connectivity index (χ3v) is 5.43. The van der Waals surface area contributed by atoms with Gasteiger partial charge >= 0.3 is 0 Å². The Hall–Kier alpha value is -0.380. The van der Waals surface area contributed by atoms with Crippen molar-refractivity contribution in [2.75, 3.05) is 19.6 Å². The maximum atomic E-state index is 6.09. The molecule has 2 rings (SSSR count). The van der Waals surface area contributed by atoms with E-state index >= 15 is 0 Å². The van der Waals surface area contributed by atoms with Crippen molar-refractivity contribution in [2.45, 2.75) is 46.1 Å². The quantitative estimate of drug-likeness (QED) is 0.861. The minimum absolute atomic E-state index is 0.358.